The van der Waals surface area contributed by atoms with Crippen molar-refractivity contribution in [3.8, 4) is 11.1 Å². The second-order valence-corrected chi connectivity index (χ2v) is 11.3. The fourth-order valence-corrected chi connectivity index (χ4v) is 6.14. The SMILES string of the molecule is O=S(=O)(c1ccc(-c2ccnc(C(O)C(F)(F)F)c2)cc1)C1CCC(Nc2ccc(C(F)(F)F)cn2)CC1. The Morgan fingerprint density at radius 3 is 2.08 bits per heavy atom. The first-order valence-corrected chi connectivity index (χ1v) is 13.1. The standard InChI is InChI=1S/C25H23F6N3O3S/c26-24(27,28)17-3-10-22(33-14-17)34-18-4-8-20(9-5-18)38(36,37)19-6-1-15(2-7-19)16-11-12-32-21(13-16)23(35)25(29,30)31/h1-3,6-7,10-14,18,20,23,35H,4-5,8-9H2,(H,33,34). The van der Waals surface area contributed by atoms with Crippen LogP contribution < -0.4 is 5.32 Å². The van der Waals surface area contributed by atoms with Gasteiger partial charge in [-0.2, -0.15) is 26.3 Å². The van der Waals surface area contributed by atoms with E-state index in [-0.39, 0.29) is 16.8 Å². The summed E-state index contributed by atoms with van der Waals surface area (Å²) in [7, 11) is -3.69. The lowest BCUT2D eigenvalue weighted by Gasteiger charge is -2.29. The molecule has 204 valence electrons. The summed E-state index contributed by atoms with van der Waals surface area (Å²) < 4.78 is 103. The van der Waals surface area contributed by atoms with Crippen LogP contribution in [-0.4, -0.2) is 41.0 Å². The molecule has 1 aliphatic rings. The summed E-state index contributed by atoms with van der Waals surface area (Å²) in [6, 6.07) is 10.3. The minimum Gasteiger partial charge on any atom is -0.378 e. The molecule has 0 spiro atoms. The number of aromatic nitrogens is 2. The highest BCUT2D eigenvalue weighted by Crippen LogP contribution is 2.35. The maximum atomic E-state index is 13.2. The number of nitrogens with zero attached hydrogens (tertiary/aromatic N) is 2. The second-order valence-electron chi connectivity index (χ2n) is 9.03. The van der Waals surface area contributed by atoms with Gasteiger partial charge in [-0.25, -0.2) is 13.4 Å². The number of rotatable bonds is 6. The molecule has 1 aromatic carbocycles. The van der Waals surface area contributed by atoms with E-state index in [4.69, 9.17) is 0 Å². The monoisotopic (exact) mass is 559 g/mol. The average molecular weight is 560 g/mol. The van der Waals surface area contributed by atoms with Gasteiger partial charge in [-0.15, -0.1) is 0 Å². The molecule has 2 aromatic heterocycles. The highest BCUT2D eigenvalue weighted by atomic mass is 32.2. The molecule has 2 heterocycles. The molecule has 13 heteroatoms. The van der Waals surface area contributed by atoms with E-state index in [1.807, 2.05) is 0 Å². The molecular formula is C25H23F6N3O3S. The van der Waals surface area contributed by atoms with Crippen molar-refractivity contribution in [2.75, 3.05) is 5.32 Å². The van der Waals surface area contributed by atoms with Gasteiger partial charge in [0.1, 0.15) is 5.82 Å². The van der Waals surface area contributed by atoms with E-state index in [0.717, 1.165) is 24.5 Å². The number of sulfone groups is 1. The predicted molar refractivity (Wildman–Crippen MR) is 127 cm³/mol. The summed E-state index contributed by atoms with van der Waals surface area (Å²) >= 11 is 0. The van der Waals surface area contributed by atoms with Crippen LogP contribution >= 0.6 is 0 Å². The Labute approximate surface area is 214 Å². The molecule has 3 aromatic rings. The van der Waals surface area contributed by atoms with Gasteiger partial charge >= 0.3 is 12.4 Å². The lowest BCUT2D eigenvalue weighted by Crippen LogP contribution is -2.33. The van der Waals surface area contributed by atoms with E-state index in [1.54, 1.807) is 0 Å². The van der Waals surface area contributed by atoms with Crippen molar-refractivity contribution < 1.29 is 39.9 Å². The van der Waals surface area contributed by atoms with Crippen LogP contribution in [0.1, 0.15) is 43.0 Å². The third-order valence-electron chi connectivity index (χ3n) is 6.44. The van der Waals surface area contributed by atoms with Crippen LogP contribution in [0.2, 0.25) is 0 Å². The number of hydrogen-bond donors (Lipinski definition) is 2. The van der Waals surface area contributed by atoms with Crippen LogP contribution in [0.25, 0.3) is 11.1 Å². The van der Waals surface area contributed by atoms with E-state index in [9.17, 15) is 39.9 Å². The molecule has 0 bridgehead atoms. The zero-order valence-electron chi connectivity index (χ0n) is 19.7. The first-order valence-electron chi connectivity index (χ1n) is 11.6. The quantitative estimate of drug-likeness (QED) is 0.363. The van der Waals surface area contributed by atoms with Gasteiger partial charge in [0, 0.05) is 18.4 Å². The van der Waals surface area contributed by atoms with Crippen molar-refractivity contribution in [1.82, 2.24) is 9.97 Å². The Hall–Kier alpha value is -3.19. The van der Waals surface area contributed by atoms with Gasteiger partial charge in [0.15, 0.2) is 15.9 Å². The van der Waals surface area contributed by atoms with Crippen LogP contribution in [0.5, 0.6) is 0 Å². The fourth-order valence-electron chi connectivity index (χ4n) is 4.35. The largest absolute Gasteiger partial charge is 0.420 e. The molecule has 1 unspecified atom stereocenters. The summed E-state index contributed by atoms with van der Waals surface area (Å²) in [5.74, 6) is 0.280. The molecule has 0 aliphatic heterocycles. The number of aliphatic hydroxyl groups excluding tert-OH is 1. The summed E-state index contributed by atoms with van der Waals surface area (Å²) in [5, 5.41) is 11.8. The number of pyridine rings is 2. The van der Waals surface area contributed by atoms with Gasteiger partial charge in [-0.1, -0.05) is 12.1 Å². The van der Waals surface area contributed by atoms with E-state index in [1.165, 1.54) is 36.4 Å². The van der Waals surface area contributed by atoms with E-state index in [0.29, 0.717) is 36.8 Å². The lowest BCUT2D eigenvalue weighted by molar-refractivity contribution is -0.207. The molecule has 0 amide bonds. The summed E-state index contributed by atoms with van der Waals surface area (Å²) in [6.07, 6.45) is -8.57. The van der Waals surface area contributed by atoms with Crippen molar-refractivity contribution in [2.45, 2.75) is 60.3 Å². The van der Waals surface area contributed by atoms with Gasteiger partial charge in [-0.05, 0) is 73.2 Å². The molecule has 0 saturated heterocycles. The average Bonchev–Trinajstić information content (AvgIpc) is 2.88. The Kier molecular flexibility index (Phi) is 7.71. The number of alkyl halides is 6. The van der Waals surface area contributed by atoms with Crippen LogP contribution in [0.3, 0.4) is 0 Å². The second kappa shape index (κ2) is 10.5. The van der Waals surface area contributed by atoms with Crippen LogP contribution in [-0.2, 0) is 16.0 Å². The molecule has 4 rings (SSSR count). The molecular weight excluding hydrogens is 536 g/mol. The summed E-state index contributed by atoms with van der Waals surface area (Å²) in [6.45, 7) is 0. The van der Waals surface area contributed by atoms with Crippen molar-refractivity contribution in [3.63, 3.8) is 0 Å². The van der Waals surface area contributed by atoms with Gasteiger partial charge in [0.25, 0.3) is 0 Å². The fraction of sp³-hybridized carbons (Fsp3) is 0.360. The number of nitrogens with one attached hydrogen (secondary N) is 1. The van der Waals surface area contributed by atoms with E-state index >= 15 is 0 Å². The van der Waals surface area contributed by atoms with Crippen molar-refractivity contribution in [1.29, 1.82) is 0 Å². The smallest absolute Gasteiger partial charge is 0.378 e. The number of benzene rings is 1. The first kappa shape index (κ1) is 27.8. The van der Waals surface area contributed by atoms with Gasteiger partial charge < -0.3 is 10.4 Å². The zero-order valence-corrected chi connectivity index (χ0v) is 20.5. The van der Waals surface area contributed by atoms with E-state index < -0.39 is 44.8 Å². The van der Waals surface area contributed by atoms with Gasteiger partial charge in [-0.3, -0.25) is 4.98 Å². The minimum atomic E-state index is -4.87. The van der Waals surface area contributed by atoms with Gasteiger partial charge in [0.2, 0.25) is 0 Å². The third kappa shape index (κ3) is 6.26. The molecule has 1 fully saturated rings. The Bertz CT molecular complexity index is 1350. The number of anilines is 1. The maximum absolute atomic E-state index is 13.2. The molecule has 0 radical (unpaired) electrons. The maximum Gasteiger partial charge on any atom is 0.420 e. The normalized spacial score (nSPS) is 19.7. The van der Waals surface area contributed by atoms with Crippen molar-refractivity contribution in [3.05, 3.63) is 72.2 Å². The number of hydrogen-bond acceptors (Lipinski definition) is 6. The number of aliphatic hydroxyl groups is 1. The molecule has 1 aliphatic carbocycles. The first-order chi connectivity index (χ1) is 17.7. The predicted octanol–water partition coefficient (Wildman–Crippen LogP) is 5.96. The van der Waals surface area contributed by atoms with Crippen molar-refractivity contribution in [2.24, 2.45) is 0 Å². The molecule has 6 nitrogen and oxygen atoms in total. The zero-order chi connectivity index (χ0) is 27.7. The Morgan fingerprint density at radius 2 is 1.53 bits per heavy atom. The van der Waals surface area contributed by atoms with Gasteiger partial charge in [0.05, 0.1) is 21.4 Å². The van der Waals surface area contributed by atoms with Crippen LogP contribution in [0.15, 0.2) is 65.8 Å². The van der Waals surface area contributed by atoms with Crippen molar-refractivity contribution >= 4 is 15.7 Å². The molecule has 38 heavy (non-hydrogen) atoms. The Balaban J connectivity index is 1.39. The molecule has 2 N–H and O–H groups in total. The lowest BCUT2D eigenvalue weighted by atomic mass is 9.95. The third-order valence-corrected chi connectivity index (χ3v) is 8.72. The summed E-state index contributed by atoms with van der Waals surface area (Å²) in [4.78, 5) is 7.44. The topological polar surface area (TPSA) is 92.2 Å². The highest BCUT2D eigenvalue weighted by Gasteiger charge is 2.40. The molecule has 1 atom stereocenters. The highest BCUT2D eigenvalue weighted by molar-refractivity contribution is 7.92. The minimum absolute atomic E-state index is 0.0756. The van der Waals surface area contributed by atoms with E-state index in [2.05, 4.69) is 15.3 Å². The summed E-state index contributed by atoms with van der Waals surface area (Å²) in [5.41, 5.74) is -0.625. The number of halogens is 6. The Morgan fingerprint density at radius 1 is 0.868 bits per heavy atom. The molecule has 1 saturated carbocycles. The van der Waals surface area contributed by atoms with Crippen LogP contribution in [0, 0.1) is 0 Å². The van der Waals surface area contributed by atoms with Crippen LogP contribution in [0.4, 0.5) is 32.2 Å².